The van der Waals surface area contributed by atoms with Gasteiger partial charge in [0.1, 0.15) is 0 Å². The zero-order valence-corrected chi connectivity index (χ0v) is 13.7. The SMILES string of the molecule is Cc1cn(C(C)CCC(C)C)c(NC2CCCCC2)n1. The molecule has 0 aromatic carbocycles. The van der Waals surface area contributed by atoms with Gasteiger partial charge in [-0.3, -0.25) is 0 Å². The molecule has 1 N–H and O–H groups in total. The summed E-state index contributed by atoms with van der Waals surface area (Å²) in [5, 5.41) is 3.69. The fourth-order valence-electron chi connectivity index (χ4n) is 3.10. The molecular weight excluding hydrogens is 246 g/mol. The van der Waals surface area contributed by atoms with Crippen LogP contribution in [0.4, 0.5) is 5.95 Å². The summed E-state index contributed by atoms with van der Waals surface area (Å²) in [5.74, 6) is 1.86. The first kappa shape index (κ1) is 15.4. The van der Waals surface area contributed by atoms with Gasteiger partial charge in [0, 0.05) is 18.3 Å². The second kappa shape index (κ2) is 7.14. The van der Waals surface area contributed by atoms with Crippen molar-refractivity contribution in [3.05, 3.63) is 11.9 Å². The quantitative estimate of drug-likeness (QED) is 0.798. The molecule has 2 rings (SSSR count). The lowest BCUT2D eigenvalue weighted by Gasteiger charge is -2.25. The van der Waals surface area contributed by atoms with Crippen LogP contribution in [0.5, 0.6) is 0 Å². The third kappa shape index (κ3) is 4.26. The molecule has 0 radical (unpaired) electrons. The number of hydrogen-bond donors (Lipinski definition) is 1. The summed E-state index contributed by atoms with van der Waals surface area (Å²) in [7, 11) is 0. The van der Waals surface area contributed by atoms with E-state index in [0.717, 1.165) is 17.6 Å². The maximum atomic E-state index is 4.70. The standard InChI is InChI=1S/C17H31N3/c1-13(2)10-11-15(4)20-12-14(3)18-17(20)19-16-8-6-5-7-9-16/h12-13,15-16H,5-11H2,1-4H3,(H,18,19). The number of anilines is 1. The van der Waals surface area contributed by atoms with Gasteiger partial charge in [0.05, 0.1) is 5.69 Å². The summed E-state index contributed by atoms with van der Waals surface area (Å²) in [6.07, 6.45) is 11.4. The van der Waals surface area contributed by atoms with Gasteiger partial charge in [0.2, 0.25) is 5.95 Å². The number of nitrogens with one attached hydrogen (secondary N) is 1. The second-order valence-electron chi connectivity index (χ2n) is 6.91. The molecule has 20 heavy (non-hydrogen) atoms. The largest absolute Gasteiger partial charge is 0.353 e. The van der Waals surface area contributed by atoms with Crippen molar-refractivity contribution < 1.29 is 0 Å². The molecule has 1 aliphatic carbocycles. The molecule has 0 saturated heterocycles. The van der Waals surface area contributed by atoms with E-state index < -0.39 is 0 Å². The van der Waals surface area contributed by atoms with Crippen molar-refractivity contribution in [3.8, 4) is 0 Å². The van der Waals surface area contributed by atoms with E-state index in [9.17, 15) is 0 Å². The molecule has 1 heterocycles. The molecule has 0 spiro atoms. The van der Waals surface area contributed by atoms with Gasteiger partial charge >= 0.3 is 0 Å². The molecule has 1 saturated carbocycles. The Morgan fingerprint density at radius 1 is 1.20 bits per heavy atom. The van der Waals surface area contributed by atoms with Crippen molar-refractivity contribution in [3.63, 3.8) is 0 Å². The van der Waals surface area contributed by atoms with Gasteiger partial charge in [-0.25, -0.2) is 4.98 Å². The van der Waals surface area contributed by atoms with Crippen LogP contribution in [0.2, 0.25) is 0 Å². The first-order valence-electron chi connectivity index (χ1n) is 8.38. The van der Waals surface area contributed by atoms with Crippen molar-refractivity contribution in [2.75, 3.05) is 5.32 Å². The number of rotatable bonds is 6. The topological polar surface area (TPSA) is 29.9 Å². The molecule has 0 aliphatic heterocycles. The predicted molar refractivity (Wildman–Crippen MR) is 86.2 cm³/mol. The average Bonchev–Trinajstić information content (AvgIpc) is 2.78. The van der Waals surface area contributed by atoms with E-state index in [1.807, 2.05) is 0 Å². The van der Waals surface area contributed by atoms with Crippen LogP contribution in [-0.2, 0) is 0 Å². The predicted octanol–water partition coefficient (Wildman–Crippen LogP) is 4.93. The van der Waals surface area contributed by atoms with Crippen LogP contribution >= 0.6 is 0 Å². The van der Waals surface area contributed by atoms with Gasteiger partial charge < -0.3 is 9.88 Å². The zero-order valence-electron chi connectivity index (χ0n) is 13.7. The Labute approximate surface area is 124 Å². The van der Waals surface area contributed by atoms with Crippen LogP contribution in [0.25, 0.3) is 0 Å². The summed E-state index contributed by atoms with van der Waals surface area (Å²) in [6, 6.07) is 1.16. The zero-order chi connectivity index (χ0) is 14.5. The average molecular weight is 277 g/mol. The molecule has 1 aromatic rings. The van der Waals surface area contributed by atoms with Crippen LogP contribution in [0, 0.1) is 12.8 Å². The Hall–Kier alpha value is -0.990. The summed E-state index contributed by atoms with van der Waals surface area (Å²) in [4.78, 5) is 4.70. The van der Waals surface area contributed by atoms with Crippen LogP contribution in [-0.4, -0.2) is 15.6 Å². The van der Waals surface area contributed by atoms with E-state index in [1.165, 1.54) is 44.9 Å². The highest BCUT2D eigenvalue weighted by Crippen LogP contribution is 2.25. The molecule has 1 fully saturated rings. The molecule has 3 nitrogen and oxygen atoms in total. The molecule has 3 heteroatoms. The van der Waals surface area contributed by atoms with E-state index in [-0.39, 0.29) is 0 Å². The Morgan fingerprint density at radius 3 is 2.55 bits per heavy atom. The third-order valence-corrected chi connectivity index (χ3v) is 4.43. The van der Waals surface area contributed by atoms with Crippen molar-refractivity contribution in [2.45, 2.75) is 84.7 Å². The molecule has 0 bridgehead atoms. The minimum Gasteiger partial charge on any atom is -0.353 e. The fourth-order valence-corrected chi connectivity index (χ4v) is 3.10. The van der Waals surface area contributed by atoms with E-state index >= 15 is 0 Å². The van der Waals surface area contributed by atoms with Gasteiger partial charge in [0.15, 0.2) is 0 Å². The van der Waals surface area contributed by atoms with Crippen molar-refractivity contribution >= 4 is 5.95 Å². The monoisotopic (exact) mass is 277 g/mol. The molecule has 1 aliphatic rings. The summed E-state index contributed by atoms with van der Waals surface area (Å²) in [5.41, 5.74) is 1.12. The highest BCUT2D eigenvalue weighted by atomic mass is 15.2. The Balaban J connectivity index is 2.00. The van der Waals surface area contributed by atoms with Gasteiger partial charge in [0.25, 0.3) is 0 Å². The van der Waals surface area contributed by atoms with E-state index in [1.54, 1.807) is 0 Å². The summed E-state index contributed by atoms with van der Waals surface area (Å²) in [6.45, 7) is 9.01. The van der Waals surface area contributed by atoms with Crippen LogP contribution in [0.3, 0.4) is 0 Å². The van der Waals surface area contributed by atoms with Crippen LogP contribution < -0.4 is 5.32 Å². The normalized spacial score (nSPS) is 18.4. The summed E-state index contributed by atoms with van der Waals surface area (Å²) >= 11 is 0. The Kier molecular flexibility index (Phi) is 5.50. The van der Waals surface area contributed by atoms with Gasteiger partial charge in [-0.15, -0.1) is 0 Å². The lowest BCUT2D eigenvalue weighted by Crippen LogP contribution is -2.25. The van der Waals surface area contributed by atoms with Gasteiger partial charge in [-0.05, 0) is 45.4 Å². The number of nitrogens with zero attached hydrogens (tertiary/aromatic N) is 2. The lowest BCUT2D eigenvalue weighted by molar-refractivity contribution is 0.431. The molecule has 1 atom stereocenters. The fraction of sp³-hybridized carbons (Fsp3) is 0.824. The molecule has 1 aromatic heterocycles. The lowest BCUT2D eigenvalue weighted by atomic mass is 9.96. The van der Waals surface area contributed by atoms with Gasteiger partial charge in [-0.1, -0.05) is 33.1 Å². The number of aromatic nitrogens is 2. The van der Waals surface area contributed by atoms with E-state index in [0.29, 0.717) is 12.1 Å². The van der Waals surface area contributed by atoms with E-state index in [2.05, 4.69) is 43.8 Å². The van der Waals surface area contributed by atoms with Crippen LogP contribution in [0.15, 0.2) is 6.20 Å². The molecule has 114 valence electrons. The minimum atomic E-state index is 0.532. The maximum absolute atomic E-state index is 4.70. The minimum absolute atomic E-state index is 0.532. The highest BCUT2D eigenvalue weighted by Gasteiger charge is 2.18. The Morgan fingerprint density at radius 2 is 1.90 bits per heavy atom. The first-order valence-corrected chi connectivity index (χ1v) is 8.38. The number of imidazole rings is 1. The van der Waals surface area contributed by atoms with Crippen molar-refractivity contribution in [2.24, 2.45) is 5.92 Å². The maximum Gasteiger partial charge on any atom is 0.203 e. The third-order valence-electron chi connectivity index (χ3n) is 4.43. The molecule has 1 unspecified atom stereocenters. The summed E-state index contributed by atoms with van der Waals surface area (Å²) < 4.78 is 2.35. The first-order chi connectivity index (χ1) is 9.56. The smallest absolute Gasteiger partial charge is 0.203 e. The second-order valence-corrected chi connectivity index (χ2v) is 6.91. The van der Waals surface area contributed by atoms with Gasteiger partial charge in [-0.2, -0.15) is 0 Å². The number of hydrogen-bond acceptors (Lipinski definition) is 2. The van der Waals surface area contributed by atoms with Crippen LogP contribution in [0.1, 0.15) is 77.5 Å². The number of aryl methyl sites for hydroxylation is 1. The molecule has 0 amide bonds. The van der Waals surface area contributed by atoms with E-state index in [4.69, 9.17) is 4.98 Å². The highest BCUT2D eigenvalue weighted by molar-refractivity contribution is 5.31. The Bertz CT molecular complexity index is 402. The van der Waals surface area contributed by atoms with Crippen molar-refractivity contribution in [1.82, 2.24) is 9.55 Å². The molecular formula is C17H31N3. The van der Waals surface area contributed by atoms with Crippen molar-refractivity contribution in [1.29, 1.82) is 0 Å².